The molecule has 1 heterocycles. The number of carbonyl (C=O) groups is 2. The zero-order valence-electron chi connectivity index (χ0n) is 12.1. The molecule has 0 aliphatic rings. The molecule has 9 heteroatoms. The van der Waals surface area contributed by atoms with Crippen LogP contribution in [0.5, 0.6) is 0 Å². The molecule has 0 aliphatic carbocycles. The Labute approximate surface area is 131 Å². The van der Waals surface area contributed by atoms with Crippen molar-refractivity contribution in [2.75, 3.05) is 12.3 Å². The maximum Gasteiger partial charge on any atom is 0.267 e. The number of aromatic nitrogens is 2. The molecular formula is C14H16N6O3. The van der Waals surface area contributed by atoms with Gasteiger partial charge in [0.25, 0.3) is 11.8 Å². The van der Waals surface area contributed by atoms with Crippen molar-refractivity contribution in [3.8, 4) is 11.1 Å². The highest BCUT2D eigenvalue weighted by Crippen LogP contribution is 2.18. The van der Waals surface area contributed by atoms with E-state index in [-0.39, 0.29) is 12.5 Å². The van der Waals surface area contributed by atoms with Gasteiger partial charge in [-0.2, -0.15) is 0 Å². The molecule has 0 saturated heterocycles. The van der Waals surface area contributed by atoms with Gasteiger partial charge in [0.05, 0.1) is 0 Å². The van der Waals surface area contributed by atoms with Crippen molar-refractivity contribution in [2.45, 2.75) is 6.04 Å². The van der Waals surface area contributed by atoms with Gasteiger partial charge in [-0.15, -0.1) is 0 Å². The van der Waals surface area contributed by atoms with Gasteiger partial charge >= 0.3 is 0 Å². The van der Waals surface area contributed by atoms with Gasteiger partial charge in [0.2, 0.25) is 5.95 Å². The first kappa shape index (κ1) is 16.3. The maximum atomic E-state index is 12.1. The van der Waals surface area contributed by atoms with Crippen LogP contribution in [0.4, 0.5) is 5.95 Å². The maximum absolute atomic E-state index is 12.1. The first-order chi connectivity index (χ1) is 11.0. The van der Waals surface area contributed by atoms with Crippen LogP contribution in [0, 0.1) is 0 Å². The Morgan fingerprint density at radius 2 is 1.74 bits per heavy atom. The number of rotatable bonds is 5. The average molecular weight is 316 g/mol. The summed E-state index contributed by atoms with van der Waals surface area (Å²) >= 11 is 0. The van der Waals surface area contributed by atoms with Gasteiger partial charge in [0.1, 0.15) is 6.04 Å². The third kappa shape index (κ3) is 3.99. The van der Waals surface area contributed by atoms with Gasteiger partial charge in [0, 0.05) is 30.1 Å². The van der Waals surface area contributed by atoms with Crippen LogP contribution in [0.2, 0.25) is 0 Å². The number of hydrogen-bond acceptors (Lipinski definition) is 7. The molecule has 1 atom stereocenters. The fourth-order valence-electron chi connectivity index (χ4n) is 1.85. The van der Waals surface area contributed by atoms with E-state index in [1.54, 1.807) is 36.7 Å². The number of nitrogens with one attached hydrogen (secondary N) is 2. The molecule has 2 aromatic rings. The number of hydrogen-bond donors (Lipinski definition) is 5. The summed E-state index contributed by atoms with van der Waals surface area (Å²) in [6.45, 7) is -0.140. The lowest BCUT2D eigenvalue weighted by atomic mass is 10.1. The molecule has 9 nitrogen and oxygen atoms in total. The molecular weight excluding hydrogens is 300 g/mol. The van der Waals surface area contributed by atoms with Crippen molar-refractivity contribution >= 4 is 17.8 Å². The molecule has 0 bridgehead atoms. The zero-order valence-corrected chi connectivity index (χ0v) is 12.1. The Kier molecular flexibility index (Phi) is 5.18. The van der Waals surface area contributed by atoms with Gasteiger partial charge in [-0.1, -0.05) is 12.1 Å². The van der Waals surface area contributed by atoms with Crippen molar-refractivity contribution in [1.82, 2.24) is 20.8 Å². The van der Waals surface area contributed by atoms with Crippen LogP contribution in [0.15, 0.2) is 36.7 Å². The molecule has 0 unspecified atom stereocenters. The molecule has 0 saturated carbocycles. The molecule has 0 radical (unpaired) electrons. The Hall–Kier alpha value is -3.04. The normalized spacial score (nSPS) is 11.6. The summed E-state index contributed by atoms with van der Waals surface area (Å²) in [4.78, 5) is 31.1. The van der Waals surface area contributed by atoms with Crippen LogP contribution >= 0.6 is 0 Å². The van der Waals surface area contributed by atoms with Gasteiger partial charge in [-0.25, -0.2) is 15.4 Å². The molecule has 23 heavy (non-hydrogen) atoms. The Bertz CT molecular complexity index is 687. The van der Waals surface area contributed by atoms with E-state index in [0.29, 0.717) is 5.56 Å². The van der Waals surface area contributed by atoms with Crippen molar-refractivity contribution in [3.63, 3.8) is 0 Å². The summed E-state index contributed by atoms with van der Waals surface area (Å²) in [6, 6.07) is 5.59. The van der Waals surface area contributed by atoms with Crippen LogP contribution in [0.25, 0.3) is 11.1 Å². The number of benzene rings is 1. The first-order valence-corrected chi connectivity index (χ1v) is 6.68. The number of amides is 2. The highest BCUT2D eigenvalue weighted by Gasteiger charge is 2.19. The van der Waals surface area contributed by atoms with Crippen molar-refractivity contribution in [2.24, 2.45) is 5.73 Å². The van der Waals surface area contributed by atoms with E-state index in [1.165, 1.54) is 5.48 Å². The summed E-state index contributed by atoms with van der Waals surface area (Å²) in [5.74, 6) is -1.08. The predicted octanol–water partition coefficient (Wildman–Crippen LogP) is -0.712. The fraction of sp³-hybridized carbons (Fsp3) is 0.143. The van der Waals surface area contributed by atoms with Crippen LogP contribution in [0.1, 0.15) is 10.4 Å². The number of nitrogen functional groups attached to an aromatic ring is 1. The molecule has 0 spiro atoms. The lowest BCUT2D eigenvalue weighted by molar-refractivity contribution is -0.130. The quantitative estimate of drug-likeness (QED) is 0.360. The first-order valence-electron chi connectivity index (χ1n) is 6.68. The minimum Gasteiger partial charge on any atom is -0.368 e. The summed E-state index contributed by atoms with van der Waals surface area (Å²) in [5, 5.41) is 11.0. The average Bonchev–Trinajstić information content (AvgIpc) is 2.59. The Morgan fingerprint density at radius 3 is 2.26 bits per heavy atom. The van der Waals surface area contributed by atoms with E-state index < -0.39 is 17.9 Å². The van der Waals surface area contributed by atoms with Gasteiger partial charge in [-0.05, 0) is 17.7 Å². The number of anilines is 1. The molecule has 2 rings (SSSR count). The third-order valence-electron chi connectivity index (χ3n) is 3.12. The molecule has 2 amide bonds. The second-order valence-electron chi connectivity index (χ2n) is 4.65. The van der Waals surface area contributed by atoms with E-state index in [2.05, 4.69) is 15.3 Å². The zero-order chi connectivity index (χ0) is 16.8. The number of nitrogens with two attached hydrogens (primary N) is 2. The lowest BCUT2D eigenvalue weighted by Gasteiger charge is -2.14. The number of nitrogens with zero attached hydrogens (tertiary/aromatic N) is 2. The lowest BCUT2D eigenvalue weighted by Crippen LogP contribution is -2.50. The SMILES string of the molecule is NC[C@H](NC(=O)c1ccc(-c2cnc(N)nc2)cc1)C(=O)NO. The Morgan fingerprint density at radius 1 is 1.13 bits per heavy atom. The molecule has 1 aromatic heterocycles. The molecule has 7 N–H and O–H groups in total. The molecule has 120 valence electrons. The van der Waals surface area contributed by atoms with E-state index in [9.17, 15) is 9.59 Å². The standard InChI is InChI=1S/C14H16N6O3/c15-5-11(13(22)20-23)19-12(21)9-3-1-8(2-4-9)10-6-17-14(16)18-7-10/h1-4,6-7,11,23H,5,15H2,(H,19,21)(H,20,22)(H2,16,17,18)/t11-/m0/s1. The van der Waals surface area contributed by atoms with Crippen molar-refractivity contribution < 1.29 is 14.8 Å². The van der Waals surface area contributed by atoms with Gasteiger partial charge in [0.15, 0.2) is 0 Å². The smallest absolute Gasteiger partial charge is 0.267 e. The predicted molar refractivity (Wildman–Crippen MR) is 82.1 cm³/mol. The Balaban J connectivity index is 2.11. The molecule has 1 aromatic carbocycles. The van der Waals surface area contributed by atoms with Crippen LogP contribution in [-0.4, -0.2) is 39.6 Å². The summed E-state index contributed by atoms with van der Waals surface area (Å²) in [7, 11) is 0. The van der Waals surface area contributed by atoms with Gasteiger partial charge in [-0.3, -0.25) is 14.8 Å². The van der Waals surface area contributed by atoms with Crippen LogP contribution < -0.4 is 22.3 Å². The van der Waals surface area contributed by atoms with Crippen molar-refractivity contribution in [1.29, 1.82) is 0 Å². The highest BCUT2D eigenvalue weighted by atomic mass is 16.5. The number of hydroxylamine groups is 1. The van der Waals surface area contributed by atoms with E-state index >= 15 is 0 Å². The third-order valence-corrected chi connectivity index (χ3v) is 3.12. The van der Waals surface area contributed by atoms with E-state index in [1.807, 2.05) is 0 Å². The van der Waals surface area contributed by atoms with Crippen LogP contribution in [0.3, 0.4) is 0 Å². The topological polar surface area (TPSA) is 156 Å². The van der Waals surface area contributed by atoms with Crippen LogP contribution in [-0.2, 0) is 4.79 Å². The van der Waals surface area contributed by atoms with Gasteiger partial charge < -0.3 is 16.8 Å². The van der Waals surface area contributed by atoms with E-state index in [4.69, 9.17) is 16.7 Å². The minimum atomic E-state index is -1.02. The molecule has 0 aliphatic heterocycles. The minimum absolute atomic E-state index is 0.140. The highest BCUT2D eigenvalue weighted by molar-refractivity contribution is 5.97. The molecule has 0 fully saturated rings. The monoisotopic (exact) mass is 316 g/mol. The summed E-state index contributed by atoms with van der Waals surface area (Å²) in [6.07, 6.45) is 3.15. The second-order valence-corrected chi connectivity index (χ2v) is 4.65. The van der Waals surface area contributed by atoms with E-state index in [0.717, 1.165) is 11.1 Å². The summed E-state index contributed by atoms with van der Waals surface area (Å²) < 4.78 is 0. The number of carbonyl (C=O) groups excluding carboxylic acids is 2. The van der Waals surface area contributed by atoms with Crippen molar-refractivity contribution in [3.05, 3.63) is 42.2 Å². The fourth-order valence-corrected chi connectivity index (χ4v) is 1.85. The summed E-state index contributed by atoms with van der Waals surface area (Å²) in [5.41, 5.74) is 14.2. The second kappa shape index (κ2) is 7.29. The largest absolute Gasteiger partial charge is 0.368 e.